The van der Waals surface area contributed by atoms with Crippen LogP contribution in [0, 0.1) is 10.1 Å². The Balaban J connectivity index is 2.18. The summed E-state index contributed by atoms with van der Waals surface area (Å²) in [6.45, 7) is 2.69. The van der Waals surface area contributed by atoms with Crippen LogP contribution in [0.15, 0.2) is 42.5 Å². The topological polar surface area (TPSA) is 93.5 Å². The van der Waals surface area contributed by atoms with Crippen LogP contribution in [0.4, 0.5) is 17.1 Å². The molecule has 0 radical (unpaired) electrons. The largest absolute Gasteiger partial charge is 0.497 e. The van der Waals surface area contributed by atoms with Gasteiger partial charge in [-0.05, 0) is 30.7 Å². The molecule has 2 rings (SSSR count). The summed E-state index contributed by atoms with van der Waals surface area (Å²) in [5, 5.41) is 17.0. The van der Waals surface area contributed by atoms with E-state index in [1.807, 2.05) is 6.92 Å². The normalized spacial score (nSPS) is 10.2. The number of nitro benzene ring substituents is 1. The van der Waals surface area contributed by atoms with Crippen molar-refractivity contribution in [2.75, 3.05) is 24.3 Å². The van der Waals surface area contributed by atoms with Crippen LogP contribution < -0.4 is 15.4 Å². The maximum absolute atomic E-state index is 12.4. The van der Waals surface area contributed by atoms with Gasteiger partial charge >= 0.3 is 0 Å². The third-order valence-electron chi connectivity index (χ3n) is 3.63. The molecule has 0 spiro atoms. The van der Waals surface area contributed by atoms with Crippen molar-refractivity contribution >= 4 is 23.0 Å². The number of nitrogens with zero attached hydrogens (tertiary/aromatic N) is 1. The van der Waals surface area contributed by atoms with E-state index in [0.29, 0.717) is 23.7 Å². The number of carbonyl (C=O) groups excluding carboxylic acids is 1. The van der Waals surface area contributed by atoms with Crippen LogP contribution in [0.2, 0.25) is 0 Å². The third-order valence-corrected chi connectivity index (χ3v) is 3.63. The zero-order chi connectivity index (χ0) is 18.2. The lowest BCUT2D eigenvalue weighted by Gasteiger charge is -2.09. The second kappa shape index (κ2) is 8.68. The van der Waals surface area contributed by atoms with Gasteiger partial charge in [-0.25, -0.2) is 0 Å². The summed E-state index contributed by atoms with van der Waals surface area (Å²) in [6.07, 6.45) is 1.90. The standard InChI is InChI=1S/C18H21N3O4/c1-3-4-10-19-16-9-8-13(11-17(16)21(23)24)18(22)20-14-6-5-7-15(12-14)25-2/h5-9,11-12,19H,3-4,10H2,1-2H3,(H,20,22). The van der Waals surface area contributed by atoms with E-state index in [1.54, 1.807) is 36.4 Å². The first-order valence-electron chi connectivity index (χ1n) is 8.03. The van der Waals surface area contributed by atoms with E-state index in [-0.39, 0.29) is 11.3 Å². The zero-order valence-corrected chi connectivity index (χ0v) is 14.2. The number of ether oxygens (including phenoxy) is 1. The highest BCUT2D eigenvalue weighted by Gasteiger charge is 2.17. The Morgan fingerprint density at radius 1 is 1.24 bits per heavy atom. The van der Waals surface area contributed by atoms with Gasteiger partial charge < -0.3 is 15.4 Å². The Bertz CT molecular complexity index is 762. The second-order valence-electron chi connectivity index (χ2n) is 5.46. The molecule has 0 aliphatic rings. The molecule has 0 unspecified atom stereocenters. The first-order chi connectivity index (χ1) is 12.0. The number of nitrogens with one attached hydrogen (secondary N) is 2. The number of carbonyl (C=O) groups is 1. The summed E-state index contributed by atoms with van der Waals surface area (Å²) in [5.41, 5.74) is 1.07. The van der Waals surface area contributed by atoms with E-state index in [9.17, 15) is 14.9 Å². The Morgan fingerprint density at radius 2 is 2.04 bits per heavy atom. The molecule has 2 aromatic carbocycles. The number of hydrogen-bond donors (Lipinski definition) is 2. The predicted molar refractivity (Wildman–Crippen MR) is 97.4 cm³/mol. The monoisotopic (exact) mass is 343 g/mol. The molecule has 0 atom stereocenters. The van der Waals surface area contributed by atoms with Crippen LogP contribution in [0.3, 0.4) is 0 Å². The first-order valence-corrected chi connectivity index (χ1v) is 8.03. The van der Waals surface area contributed by atoms with Gasteiger partial charge in [0.05, 0.1) is 12.0 Å². The number of nitro groups is 1. The van der Waals surface area contributed by atoms with Crippen molar-refractivity contribution < 1.29 is 14.5 Å². The van der Waals surface area contributed by atoms with E-state index in [2.05, 4.69) is 10.6 Å². The van der Waals surface area contributed by atoms with Gasteiger partial charge in [0, 0.05) is 29.9 Å². The molecule has 0 heterocycles. The lowest BCUT2D eigenvalue weighted by atomic mass is 10.1. The fraction of sp³-hybridized carbons (Fsp3) is 0.278. The molecular weight excluding hydrogens is 322 g/mol. The smallest absolute Gasteiger partial charge is 0.293 e. The summed E-state index contributed by atoms with van der Waals surface area (Å²) >= 11 is 0. The molecule has 25 heavy (non-hydrogen) atoms. The minimum absolute atomic E-state index is 0.116. The van der Waals surface area contributed by atoms with E-state index < -0.39 is 10.8 Å². The van der Waals surface area contributed by atoms with Crippen molar-refractivity contribution in [3.8, 4) is 5.75 Å². The highest BCUT2D eigenvalue weighted by molar-refractivity contribution is 6.05. The molecule has 7 heteroatoms. The number of anilines is 2. The van der Waals surface area contributed by atoms with Crippen molar-refractivity contribution in [2.24, 2.45) is 0 Å². The Hall–Kier alpha value is -3.09. The van der Waals surface area contributed by atoms with E-state index >= 15 is 0 Å². The van der Waals surface area contributed by atoms with Crippen molar-refractivity contribution in [3.63, 3.8) is 0 Å². The first kappa shape index (κ1) is 18.3. The van der Waals surface area contributed by atoms with Crippen molar-refractivity contribution in [1.29, 1.82) is 0 Å². The average Bonchev–Trinajstić information content (AvgIpc) is 2.62. The van der Waals surface area contributed by atoms with Gasteiger partial charge in [-0.3, -0.25) is 14.9 Å². The van der Waals surface area contributed by atoms with E-state index in [0.717, 1.165) is 12.8 Å². The molecule has 0 saturated heterocycles. The molecule has 0 fully saturated rings. The van der Waals surface area contributed by atoms with Gasteiger partial charge in [0.25, 0.3) is 11.6 Å². The molecule has 2 N–H and O–H groups in total. The highest BCUT2D eigenvalue weighted by Crippen LogP contribution is 2.26. The average molecular weight is 343 g/mol. The lowest BCUT2D eigenvalue weighted by molar-refractivity contribution is -0.384. The molecule has 0 aliphatic heterocycles. The molecule has 132 valence electrons. The lowest BCUT2D eigenvalue weighted by Crippen LogP contribution is -2.13. The molecule has 1 amide bonds. The number of methoxy groups -OCH3 is 1. The van der Waals surface area contributed by atoms with Crippen LogP contribution in [0.1, 0.15) is 30.1 Å². The fourth-order valence-corrected chi connectivity index (χ4v) is 2.28. The van der Waals surface area contributed by atoms with Crippen molar-refractivity contribution in [3.05, 3.63) is 58.1 Å². The van der Waals surface area contributed by atoms with Crippen LogP contribution in [-0.4, -0.2) is 24.5 Å². The van der Waals surface area contributed by atoms with E-state index in [4.69, 9.17) is 4.74 Å². The summed E-state index contributed by atoms with van der Waals surface area (Å²) in [4.78, 5) is 23.2. The molecule has 0 aromatic heterocycles. The molecular formula is C18H21N3O4. The van der Waals surface area contributed by atoms with Gasteiger partial charge in [-0.2, -0.15) is 0 Å². The molecule has 2 aromatic rings. The van der Waals surface area contributed by atoms with Crippen LogP contribution in [0.25, 0.3) is 0 Å². The minimum atomic E-state index is -0.489. The zero-order valence-electron chi connectivity index (χ0n) is 14.2. The number of hydrogen-bond acceptors (Lipinski definition) is 5. The van der Waals surface area contributed by atoms with E-state index in [1.165, 1.54) is 13.2 Å². The molecule has 0 saturated carbocycles. The number of rotatable bonds is 8. The quantitative estimate of drug-likeness (QED) is 0.428. The summed E-state index contributed by atoms with van der Waals surface area (Å²) in [5.74, 6) is 0.190. The molecule has 0 aliphatic carbocycles. The highest BCUT2D eigenvalue weighted by atomic mass is 16.6. The Morgan fingerprint density at radius 3 is 2.72 bits per heavy atom. The van der Waals surface area contributed by atoms with Gasteiger partial charge in [-0.1, -0.05) is 19.4 Å². The van der Waals surface area contributed by atoms with Crippen LogP contribution in [0.5, 0.6) is 5.75 Å². The van der Waals surface area contributed by atoms with Gasteiger partial charge in [-0.15, -0.1) is 0 Å². The van der Waals surface area contributed by atoms with Crippen molar-refractivity contribution in [1.82, 2.24) is 0 Å². The summed E-state index contributed by atoms with van der Waals surface area (Å²) in [7, 11) is 1.54. The second-order valence-corrected chi connectivity index (χ2v) is 5.46. The number of unbranched alkanes of at least 4 members (excludes halogenated alkanes) is 1. The fourth-order valence-electron chi connectivity index (χ4n) is 2.28. The van der Waals surface area contributed by atoms with Crippen LogP contribution >= 0.6 is 0 Å². The maximum Gasteiger partial charge on any atom is 0.293 e. The maximum atomic E-state index is 12.4. The summed E-state index contributed by atoms with van der Waals surface area (Å²) < 4.78 is 5.11. The van der Waals surface area contributed by atoms with Gasteiger partial charge in [0.15, 0.2) is 0 Å². The summed E-state index contributed by atoms with van der Waals surface area (Å²) in [6, 6.07) is 11.3. The molecule has 7 nitrogen and oxygen atoms in total. The SMILES string of the molecule is CCCCNc1ccc(C(=O)Nc2cccc(OC)c2)cc1[N+](=O)[O-]. The Labute approximate surface area is 146 Å². The molecule has 0 bridgehead atoms. The van der Waals surface area contributed by atoms with Gasteiger partial charge in [0.2, 0.25) is 0 Å². The van der Waals surface area contributed by atoms with Crippen molar-refractivity contribution in [2.45, 2.75) is 19.8 Å². The van der Waals surface area contributed by atoms with Crippen LogP contribution in [-0.2, 0) is 0 Å². The predicted octanol–water partition coefficient (Wildman–Crippen LogP) is 4.07. The van der Waals surface area contributed by atoms with Gasteiger partial charge in [0.1, 0.15) is 11.4 Å². The Kier molecular flexibility index (Phi) is 6.33. The number of benzene rings is 2. The minimum Gasteiger partial charge on any atom is -0.497 e. The number of amides is 1. The third kappa shape index (κ3) is 4.94.